The van der Waals surface area contributed by atoms with Crippen molar-refractivity contribution < 1.29 is 9.53 Å². The third-order valence-corrected chi connectivity index (χ3v) is 3.57. The summed E-state index contributed by atoms with van der Waals surface area (Å²) in [5.74, 6) is 0.748. The molecule has 1 unspecified atom stereocenters. The molecule has 1 heterocycles. The fourth-order valence-corrected chi connectivity index (χ4v) is 2.45. The van der Waals surface area contributed by atoms with Crippen LogP contribution in [0.2, 0.25) is 0 Å². The van der Waals surface area contributed by atoms with Gasteiger partial charge in [-0.05, 0) is 24.3 Å². The topological polar surface area (TPSA) is 76.4 Å². The summed E-state index contributed by atoms with van der Waals surface area (Å²) in [4.78, 5) is 11.6. The lowest BCUT2D eigenvalue weighted by molar-refractivity contribution is 0.0963. The Balaban J connectivity index is 1.82. The van der Waals surface area contributed by atoms with Crippen molar-refractivity contribution in [1.82, 2.24) is 5.32 Å². The van der Waals surface area contributed by atoms with Gasteiger partial charge in [-0.2, -0.15) is 0 Å². The van der Waals surface area contributed by atoms with Crippen molar-refractivity contribution in [3.63, 3.8) is 0 Å². The van der Waals surface area contributed by atoms with Crippen LogP contribution in [-0.2, 0) is 0 Å². The van der Waals surface area contributed by atoms with Crippen LogP contribution >= 0.6 is 0 Å². The summed E-state index contributed by atoms with van der Waals surface area (Å²) in [6.07, 6.45) is 0. The second-order valence-corrected chi connectivity index (χ2v) is 4.93. The standard InChI is InChI=1S/C16H17N3O2/c1-18-16(20)10-6-7-13(12(17)8-10)19-14-9-21-15-5-3-2-4-11(14)15/h2-8,14,19H,9,17H2,1H3,(H,18,20). The number of anilines is 2. The summed E-state index contributed by atoms with van der Waals surface area (Å²) in [5, 5.41) is 5.95. The van der Waals surface area contributed by atoms with Crippen molar-refractivity contribution in [2.45, 2.75) is 6.04 Å². The van der Waals surface area contributed by atoms with E-state index in [-0.39, 0.29) is 11.9 Å². The Morgan fingerprint density at radius 3 is 2.86 bits per heavy atom. The maximum absolute atomic E-state index is 11.6. The summed E-state index contributed by atoms with van der Waals surface area (Å²) < 4.78 is 5.64. The van der Waals surface area contributed by atoms with Gasteiger partial charge in [0.25, 0.3) is 5.91 Å². The Morgan fingerprint density at radius 1 is 1.29 bits per heavy atom. The second-order valence-electron chi connectivity index (χ2n) is 4.93. The fraction of sp³-hybridized carbons (Fsp3) is 0.188. The van der Waals surface area contributed by atoms with Gasteiger partial charge in [-0.25, -0.2) is 0 Å². The SMILES string of the molecule is CNC(=O)c1ccc(NC2COc3ccccc32)c(N)c1. The fourth-order valence-electron chi connectivity index (χ4n) is 2.45. The third-order valence-electron chi connectivity index (χ3n) is 3.57. The van der Waals surface area contributed by atoms with Crippen molar-refractivity contribution >= 4 is 17.3 Å². The zero-order valence-electron chi connectivity index (χ0n) is 11.7. The smallest absolute Gasteiger partial charge is 0.251 e. The van der Waals surface area contributed by atoms with Crippen LogP contribution in [0.1, 0.15) is 22.0 Å². The van der Waals surface area contributed by atoms with Gasteiger partial charge in [0.05, 0.1) is 17.4 Å². The molecule has 0 fully saturated rings. The van der Waals surface area contributed by atoms with Crippen LogP contribution in [-0.4, -0.2) is 19.6 Å². The lowest BCUT2D eigenvalue weighted by Crippen LogP contribution is -2.18. The minimum Gasteiger partial charge on any atom is -0.491 e. The average Bonchev–Trinajstić information content (AvgIpc) is 2.92. The third kappa shape index (κ3) is 2.50. The zero-order valence-corrected chi connectivity index (χ0v) is 11.7. The minimum absolute atomic E-state index is 0.0642. The summed E-state index contributed by atoms with van der Waals surface area (Å²) in [7, 11) is 1.59. The highest BCUT2D eigenvalue weighted by Crippen LogP contribution is 2.35. The summed E-state index contributed by atoms with van der Waals surface area (Å²) in [6.45, 7) is 0.565. The number of ether oxygens (including phenoxy) is 1. The molecule has 0 aromatic heterocycles. The molecule has 3 rings (SSSR count). The van der Waals surface area contributed by atoms with Gasteiger partial charge in [-0.1, -0.05) is 18.2 Å². The monoisotopic (exact) mass is 283 g/mol. The molecule has 1 amide bonds. The zero-order chi connectivity index (χ0) is 14.8. The molecule has 1 aliphatic rings. The van der Waals surface area contributed by atoms with E-state index in [0.717, 1.165) is 17.0 Å². The molecule has 1 atom stereocenters. The summed E-state index contributed by atoms with van der Waals surface area (Å²) in [5.41, 5.74) is 9.03. The first-order valence-corrected chi connectivity index (χ1v) is 6.79. The molecule has 108 valence electrons. The number of carbonyl (C=O) groups is 1. The number of amides is 1. The van der Waals surface area contributed by atoms with Crippen LogP contribution < -0.4 is 21.1 Å². The van der Waals surface area contributed by atoms with E-state index >= 15 is 0 Å². The number of rotatable bonds is 3. The van der Waals surface area contributed by atoms with Crippen LogP contribution in [0.25, 0.3) is 0 Å². The Kier molecular flexibility index (Phi) is 3.39. The first-order valence-electron chi connectivity index (χ1n) is 6.79. The summed E-state index contributed by atoms with van der Waals surface area (Å²) >= 11 is 0. The molecule has 0 spiro atoms. The molecule has 5 heteroatoms. The first kappa shape index (κ1) is 13.3. The Morgan fingerprint density at radius 2 is 2.10 bits per heavy atom. The number of hydrogen-bond donors (Lipinski definition) is 3. The predicted molar refractivity (Wildman–Crippen MR) is 82.5 cm³/mol. The van der Waals surface area contributed by atoms with Crippen LogP contribution in [0.5, 0.6) is 5.75 Å². The van der Waals surface area contributed by atoms with Crippen molar-refractivity contribution in [2.24, 2.45) is 0 Å². The minimum atomic E-state index is -0.150. The number of nitrogens with one attached hydrogen (secondary N) is 2. The van der Waals surface area contributed by atoms with E-state index < -0.39 is 0 Å². The molecule has 0 aliphatic carbocycles. The molecule has 0 saturated heterocycles. The number of nitrogens with two attached hydrogens (primary N) is 1. The van der Waals surface area contributed by atoms with E-state index in [1.807, 2.05) is 30.3 Å². The number of fused-ring (bicyclic) bond motifs is 1. The van der Waals surface area contributed by atoms with E-state index in [4.69, 9.17) is 10.5 Å². The van der Waals surface area contributed by atoms with Crippen LogP contribution in [0.15, 0.2) is 42.5 Å². The van der Waals surface area contributed by atoms with Crippen molar-refractivity contribution in [2.75, 3.05) is 24.7 Å². The van der Waals surface area contributed by atoms with E-state index in [2.05, 4.69) is 10.6 Å². The largest absolute Gasteiger partial charge is 0.491 e. The van der Waals surface area contributed by atoms with Gasteiger partial charge in [0.2, 0.25) is 0 Å². The molecule has 0 saturated carbocycles. The highest BCUT2D eigenvalue weighted by molar-refractivity contribution is 5.95. The normalized spacial score (nSPS) is 16.0. The number of carbonyl (C=O) groups excluding carboxylic acids is 1. The Labute approximate surface area is 123 Å². The Hall–Kier alpha value is -2.69. The average molecular weight is 283 g/mol. The molecule has 2 aromatic rings. The predicted octanol–water partition coefficient (Wildman–Crippen LogP) is 2.17. The van der Waals surface area contributed by atoms with Crippen LogP contribution in [0.4, 0.5) is 11.4 Å². The van der Waals surface area contributed by atoms with Gasteiger partial charge in [0, 0.05) is 18.2 Å². The number of para-hydroxylation sites is 1. The molecule has 4 N–H and O–H groups in total. The number of benzene rings is 2. The first-order chi connectivity index (χ1) is 10.2. The van der Waals surface area contributed by atoms with Gasteiger partial charge in [-0.15, -0.1) is 0 Å². The number of nitrogen functional groups attached to an aromatic ring is 1. The highest BCUT2D eigenvalue weighted by atomic mass is 16.5. The lowest BCUT2D eigenvalue weighted by Gasteiger charge is -2.15. The van der Waals surface area contributed by atoms with E-state index in [0.29, 0.717) is 17.9 Å². The quantitative estimate of drug-likeness (QED) is 0.755. The summed E-state index contributed by atoms with van der Waals surface area (Å²) in [6, 6.07) is 13.2. The molecule has 1 aliphatic heterocycles. The van der Waals surface area contributed by atoms with Gasteiger partial charge >= 0.3 is 0 Å². The molecule has 2 aromatic carbocycles. The molecular weight excluding hydrogens is 266 g/mol. The van der Waals surface area contributed by atoms with Crippen molar-refractivity contribution in [3.8, 4) is 5.75 Å². The lowest BCUT2D eigenvalue weighted by atomic mass is 10.1. The van der Waals surface area contributed by atoms with Crippen molar-refractivity contribution in [1.29, 1.82) is 0 Å². The van der Waals surface area contributed by atoms with Crippen molar-refractivity contribution in [3.05, 3.63) is 53.6 Å². The highest BCUT2D eigenvalue weighted by Gasteiger charge is 2.23. The maximum Gasteiger partial charge on any atom is 0.251 e. The van der Waals surface area contributed by atoms with Gasteiger partial charge < -0.3 is 21.1 Å². The Bertz CT molecular complexity index is 685. The second kappa shape index (κ2) is 5.36. The molecule has 5 nitrogen and oxygen atoms in total. The van der Waals surface area contributed by atoms with Gasteiger partial charge in [0.15, 0.2) is 0 Å². The maximum atomic E-state index is 11.6. The van der Waals surface area contributed by atoms with E-state index in [1.54, 1.807) is 19.2 Å². The van der Waals surface area contributed by atoms with Crippen LogP contribution in [0.3, 0.4) is 0 Å². The van der Waals surface area contributed by atoms with Crippen LogP contribution in [0, 0.1) is 0 Å². The molecule has 0 bridgehead atoms. The van der Waals surface area contributed by atoms with Gasteiger partial charge in [0.1, 0.15) is 12.4 Å². The van der Waals surface area contributed by atoms with E-state index in [1.165, 1.54) is 0 Å². The molecular formula is C16H17N3O2. The molecule has 21 heavy (non-hydrogen) atoms. The molecule has 0 radical (unpaired) electrons. The van der Waals surface area contributed by atoms with E-state index in [9.17, 15) is 4.79 Å². The number of hydrogen-bond acceptors (Lipinski definition) is 4. The van der Waals surface area contributed by atoms with Gasteiger partial charge in [-0.3, -0.25) is 4.79 Å².